The lowest BCUT2D eigenvalue weighted by Crippen LogP contribution is -1.98. The van der Waals surface area contributed by atoms with E-state index < -0.39 is 0 Å². The molecule has 0 aromatic heterocycles. The highest BCUT2D eigenvalue weighted by Gasteiger charge is 2.30. The third-order valence-electron chi connectivity index (χ3n) is 6.15. The van der Waals surface area contributed by atoms with Crippen molar-refractivity contribution in [2.45, 2.75) is 90.4 Å². The van der Waals surface area contributed by atoms with Crippen molar-refractivity contribution in [3.05, 3.63) is 56.0 Å². The summed E-state index contributed by atoms with van der Waals surface area (Å²) in [5, 5.41) is 0. The van der Waals surface area contributed by atoms with Crippen LogP contribution in [0.15, 0.2) is 39.3 Å². The molecule has 1 aliphatic carbocycles. The van der Waals surface area contributed by atoms with Gasteiger partial charge in [0.25, 0.3) is 0 Å². The van der Waals surface area contributed by atoms with Crippen LogP contribution in [0, 0.1) is 0 Å². The van der Waals surface area contributed by atoms with E-state index in [0.717, 1.165) is 0 Å². The van der Waals surface area contributed by atoms with E-state index in [4.69, 9.17) is 0 Å². The molecule has 0 saturated heterocycles. The summed E-state index contributed by atoms with van der Waals surface area (Å²) in [6, 6.07) is 11.7. The van der Waals surface area contributed by atoms with Crippen LogP contribution in [-0.2, 0) is 6.42 Å². The Morgan fingerprint density at radius 2 is 1.39 bits per heavy atom. The molecule has 0 N–H and O–H groups in total. The van der Waals surface area contributed by atoms with Crippen molar-refractivity contribution in [1.82, 2.24) is 0 Å². The van der Waals surface area contributed by atoms with Gasteiger partial charge in [-0.25, -0.2) is 0 Å². The lowest BCUT2D eigenvalue weighted by atomic mass is 9.90. The molecule has 1 atom stereocenters. The Hall–Kier alpha value is -0.600. The minimum atomic E-state index is 0.552. The van der Waals surface area contributed by atoms with E-state index in [2.05, 4.69) is 76.0 Å². The topological polar surface area (TPSA) is 0 Å². The molecule has 3 rings (SSSR count). The van der Waals surface area contributed by atoms with E-state index in [0.29, 0.717) is 5.92 Å². The van der Waals surface area contributed by atoms with Crippen LogP contribution >= 0.6 is 31.9 Å². The lowest BCUT2D eigenvalue weighted by molar-refractivity contribution is 0.571. The van der Waals surface area contributed by atoms with E-state index in [1.165, 1.54) is 102 Å². The van der Waals surface area contributed by atoms with E-state index in [1.54, 1.807) is 5.56 Å². The quantitative estimate of drug-likeness (QED) is 0.266. The lowest BCUT2D eigenvalue weighted by Gasteiger charge is -2.15. The summed E-state index contributed by atoms with van der Waals surface area (Å²) in [4.78, 5) is 0. The fourth-order valence-electron chi connectivity index (χ4n) is 4.71. The van der Waals surface area contributed by atoms with Gasteiger partial charge in [0, 0.05) is 14.9 Å². The van der Waals surface area contributed by atoms with Crippen molar-refractivity contribution in [3.63, 3.8) is 0 Å². The SMILES string of the molecule is CCCCCCCCC1c2cc(Br)ccc2-c2c(CCCCC)cc(Br)cc21. The average molecular weight is 506 g/mol. The fourth-order valence-corrected chi connectivity index (χ4v) is 5.61. The number of fused-ring (bicyclic) bond motifs is 3. The van der Waals surface area contributed by atoms with E-state index in [1.807, 2.05) is 0 Å². The van der Waals surface area contributed by atoms with Crippen LogP contribution in [0.1, 0.15) is 101 Å². The molecule has 152 valence electrons. The zero-order valence-corrected chi connectivity index (χ0v) is 20.7. The van der Waals surface area contributed by atoms with Crippen LogP contribution in [0.5, 0.6) is 0 Å². The molecule has 0 spiro atoms. The van der Waals surface area contributed by atoms with Gasteiger partial charge in [0.05, 0.1) is 0 Å². The summed E-state index contributed by atoms with van der Waals surface area (Å²) in [5.41, 5.74) is 7.65. The van der Waals surface area contributed by atoms with Gasteiger partial charge in [-0.2, -0.15) is 0 Å². The zero-order valence-electron chi connectivity index (χ0n) is 17.5. The molecule has 2 aromatic rings. The summed E-state index contributed by atoms with van der Waals surface area (Å²) in [7, 11) is 0. The maximum Gasteiger partial charge on any atom is 0.0181 e. The molecule has 0 nitrogen and oxygen atoms in total. The highest BCUT2D eigenvalue weighted by molar-refractivity contribution is 9.10. The van der Waals surface area contributed by atoms with E-state index in [9.17, 15) is 0 Å². The summed E-state index contributed by atoms with van der Waals surface area (Å²) < 4.78 is 2.45. The molecule has 2 heteroatoms. The Morgan fingerprint density at radius 1 is 0.714 bits per heavy atom. The fraction of sp³-hybridized carbons (Fsp3) is 0.538. The molecular formula is C26H34Br2. The van der Waals surface area contributed by atoms with Crippen molar-refractivity contribution < 1.29 is 0 Å². The van der Waals surface area contributed by atoms with Gasteiger partial charge < -0.3 is 0 Å². The predicted octanol–water partition coefficient (Wildman–Crippen LogP) is 9.81. The molecule has 28 heavy (non-hydrogen) atoms. The van der Waals surface area contributed by atoms with Crippen molar-refractivity contribution >= 4 is 31.9 Å². The highest BCUT2D eigenvalue weighted by Crippen LogP contribution is 2.50. The molecule has 0 aliphatic heterocycles. The third-order valence-corrected chi connectivity index (χ3v) is 7.10. The van der Waals surface area contributed by atoms with Gasteiger partial charge in [-0.05, 0) is 71.3 Å². The molecule has 0 radical (unpaired) electrons. The van der Waals surface area contributed by atoms with Crippen molar-refractivity contribution in [3.8, 4) is 11.1 Å². The number of rotatable bonds is 11. The Labute approximate surface area is 188 Å². The summed E-state index contributed by atoms with van der Waals surface area (Å²) >= 11 is 7.54. The molecule has 1 aliphatic rings. The molecule has 0 heterocycles. The Morgan fingerprint density at radius 3 is 2.18 bits per heavy atom. The number of hydrogen-bond donors (Lipinski definition) is 0. The molecular weight excluding hydrogens is 472 g/mol. The molecule has 0 fully saturated rings. The highest BCUT2D eigenvalue weighted by atomic mass is 79.9. The van der Waals surface area contributed by atoms with E-state index >= 15 is 0 Å². The summed E-state index contributed by atoms with van der Waals surface area (Å²) in [6.45, 7) is 4.58. The molecule has 2 aromatic carbocycles. The van der Waals surface area contributed by atoms with Crippen LogP contribution in [0.2, 0.25) is 0 Å². The molecule has 0 amide bonds. The summed E-state index contributed by atoms with van der Waals surface area (Å²) in [6.07, 6.45) is 14.5. The number of halogens is 2. The Bertz CT molecular complexity index is 778. The first-order valence-corrected chi connectivity index (χ1v) is 12.9. The van der Waals surface area contributed by atoms with Gasteiger partial charge in [-0.1, -0.05) is 103 Å². The summed E-state index contributed by atoms with van der Waals surface area (Å²) in [5.74, 6) is 0.552. The van der Waals surface area contributed by atoms with Crippen molar-refractivity contribution in [2.24, 2.45) is 0 Å². The third kappa shape index (κ3) is 5.30. The average Bonchev–Trinajstić information content (AvgIpc) is 2.97. The largest absolute Gasteiger partial charge is 0.0654 e. The first kappa shape index (κ1) is 22.1. The second kappa shape index (κ2) is 11.0. The van der Waals surface area contributed by atoms with Crippen molar-refractivity contribution in [1.29, 1.82) is 0 Å². The first-order valence-electron chi connectivity index (χ1n) is 11.3. The first-order chi connectivity index (χ1) is 13.7. The minimum Gasteiger partial charge on any atom is -0.0654 e. The van der Waals surface area contributed by atoms with Crippen LogP contribution in [0.25, 0.3) is 11.1 Å². The van der Waals surface area contributed by atoms with Gasteiger partial charge in [0.15, 0.2) is 0 Å². The maximum atomic E-state index is 3.81. The van der Waals surface area contributed by atoms with E-state index in [-0.39, 0.29) is 0 Å². The number of unbranched alkanes of at least 4 members (excludes halogenated alkanes) is 7. The molecule has 0 saturated carbocycles. The van der Waals surface area contributed by atoms with Crippen LogP contribution in [-0.4, -0.2) is 0 Å². The number of aryl methyl sites for hydroxylation is 1. The number of benzene rings is 2. The van der Waals surface area contributed by atoms with Gasteiger partial charge in [-0.15, -0.1) is 0 Å². The smallest absolute Gasteiger partial charge is 0.0181 e. The molecule has 1 unspecified atom stereocenters. The van der Waals surface area contributed by atoms with Gasteiger partial charge in [0.2, 0.25) is 0 Å². The predicted molar refractivity (Wildman–Crippen MR) is 130 cm³/mol. The molecule has 0 bridgehead atoms. The van der Waals surface area contributed by atoms with Gasteiger partial charge in [0.1, 0.15) is 0 Å². The maximum absolute atomic E-state index is 3.81. The van der Waals surface area contributed by atoms with Crippen LogP contribution in [0.4, 0.5) is 0 Å². The standard InChI is InChI=1S/C26H34Br2/c1-3-5-7-8-9-11-13-22-24-17-20(27)14-15-23(24)26-19(12-10-6-4-2)16-21(28)18-25(22)26/h14-18,22H,3-13H2,1-2H3. The monoisotopic (exact) mass is 504 g/mol. The Balaban J connectivity index is 1.85. The van der Waals surface area contributed by atoms with Gasteiger partial charge >= 0.3 is 0 Å². The van der Waals surface area contributed by atoms with Crippen LogP contribution < -0.4 is 0 Å². The number of hydrogen-bond acceptors (Lipinski definition) is 0. The normalized spacial score (nSPS) is 14.9. The van der Waals surface area contributed by atoms with Crippen molar-refractivity contribution in [2.75, 3.05) is 0 Å². The second-order valence-electron chi connectivity index (χ2n) is 8.33. The second-order valence-corrected chi connectivity index (χ2v) is 10.2. The Kier molecular flexibility index (Phi) is 8.66. The minimum absolute atomic E-state index is 0.552. The zero-order chi connectivity index (χ0) is 19.9. The van der Waals surface area contributed by atoms with Crippen LogP contribution in [0.3, 0.4) is 0 Å². The van der Waals surface area contributed by atoms with Gasteiger partial charge in [-0.3, -0.25) is 0 Å².